The Kier molecular flexibility index (Phi) is 2.93. The van der Waals surface area contributed by atoms with Crippen molar-refractivity contribution in [3.8, 4) is 0 Å². The van der Waals surface area contributed by atoms with Crippen LogP contribution in [0.1, 0.15) is 47.1 Å². The zero-order valence-electron chi connectivity index (χ0n) is 10.2. The molecule has 3 rings (SSSR count). The molecule has 0 saturated carbocycles. The minimum Gasteiger partial charge on any atom is -0.478 e. The molecule has 8 heteroatoms. The summed E-state index contributed by atoms with van der Waals surface area (Å²) in [6, 6.07) is 0. The number of carbonyl (C=O) groups is 1. The Hall–Kier alpha value is -1.70. The average Bonchev–Trinajstić information content (AvgIpc) is 2.99. The van der Waals surface area contributed by atoms with Gasteiger partial charge in [-0.15, -0.1) is 0 Å². The van der Waals surface area contributed by atoms with Crippen molar-refractivity contribution in [2.75, 3.05) is 0 Å². The number of ether oxygens (including phenoxy) is 1. The van der Waals surface area contributed by atoms with Gasteiger partial charge in [-0.25, -0.2) is 14.8 Å². The van der Waals surface area contributed by atoms with Crippen LogP contribution in [0.4, 0.5) is 13.2 Å². The molecule has 3 heterocycles. The Balaban J connectivity index is 2.00. The van der Waals surface area contributed by atoms with E-state index in [9.17, 15) is 18.0 Å². The molecule has 3 atom stereocenters. The van der Waals surface area contributed by atoms with Crippen molar-refractivity contribution in [3.05, 3.63) is 23.3 Å². The van der Waals surface area contributed by atoms with Gasteiger partial charge in [0.1, 0.15) is 11.4 Å². The Labute approximate surface area is 111 Å². The second-order valence-corrected chi connectivity index (χ2v) is 5.01. The van der Waals surface area contributed by atoms with E-state index in [4.69, 9.17) is 9.84 Å². The van der Waals surface area contributed by atoms with Crippen molar-refractivity contribution in [2.24, 2.45) is 0 Å². The monoisotopic (exact) mass is 288 g/mol. The topological polar surface area (TPSA) is 72.3 Å². The van der Waals surface area contributed by atoms with Crippen LogP contribution in [0.5, 0.6) is 0 Å². The highest BCUT2D eigenvalue weighted by atomic mass is 19.4. The molecule has 20 heavy (non-hydrogen) atoms. The van der Waals surface area contributed by atoms with Gasteiger partial charge >= 0.3 is 12.1 Å². The SMILES string of the molecule is O=C(O)c1cnc(C2CC3CCC2O3)nc1C(F)(F)F. The summed E-state index contributed by atoms with van der Waals surface area (Å²) in [5, 5.41) is 8.79. The van der Waals surface area contributed by atoms with Crippen molar-refractivity contribution in [1.82, 2.24) is 9.97 Å². The molecule has 1 N–H and O–H groups in total. The zero-order chi connectivity index (χ0) is 14.5. The molecule has 2 fully saturated rings. The van der Waals surface area contributed by atoms with Crippen LogP contribution in [-0.2, 0) is 10.9 Å². The summed E-state index contributed by atoms with van der Waals surface area (Å²) in [4.78, 5) is 18.1. The number of hydrogen-bond acceptors (Lipinski definition) is 4. The molecule has 2 bridgehead atoms. The normalized spacial score (nSPS) is 28.9. The predicted molar refractivity (Wildman–Crippen MR) is 59.2 cm³/mol. The van der Waals surface area contributed by atoms with Gasteiger partial charge in [0.2, 0.25) is 0 Å². The molecule has 0 amide bonds. The van der Waals surface area contributed by atoms with Crippen LogP contribution in [0, 0.1) is 0 Å². The Bertz CT molecular complexity index is 561. The lowest BCUT2D eigenvalue weighted by Crippen LogP contribution is -2.22. The molecule has 0 aliphatic carbocycles. The summed E-state index contributed by atoms with van der Waals surface area (Å²) in [5.41, 5.74) is -2.32. The van der Waals surface area contributed by atoms with E-state index in [1.807, 2.05) is 0 Å². The van der Waals surface area contributed by atoms with Gasteiger partial charge in [0.25, 0.3) is 0 Å². The molecule has 2 saturated heterocycles. The maximum atomic E-state index is 12.9. The zero-order valence-corrected chi connectivity index (χ0v) is 10.2. The van der Waals surface area contributed by atoms with Crippen LogP contribution in [0.15, 0.2) is 6.20 Å². The quantitative estimate of drug-likeness (QED) is 0.903. The van der Waals surface area contributed by atoms with Crippen molar-refractivity contribution in [3.63, 3.8) is 0 Å². The first-order valence-corrected chi connectivity index (χ1v) is 6.19. The van der Waals surface area contributed by atoms with E-state index in [1.165, 1.54) is 0 Å². The number of fused-ring (bicyclic) bond motifs is 2. The lowest BCUT2D eigenvalue weighted by atomic mass is 9.88. The molecular formula is C12H11F3N2O3. The summed E-state index contributed by atoms with van der Waals surface area (Å²) >= 11 is 0. The Morgan fingerprint density at radius 2 is 2.15 bits per heavy atom. The second-order valence-electron chi connectivity index (χ2n) is 5.01. The first kappa shape index (κ1) is 13.3. The van der Waals surface area contributed by atoms with E-state index in [1.54, 1.807) is 0 Å². The standard InChI is InChI=1S/C12H11F3N2O3/c13-12(14,15)9-7(11(18)19)4-16-10(17-9)6-3-5-1-2-8(6)20-5/h4-6,8H,1-3H2,(H,18,19). The molecule has 1 aromatic heterocycles. The maximum absolute atomic E-state index is 12.9. The predicted octanol–water partition coefficient (Wildman–Crippen LogP) is 2.23. The van der Waals surface area contributed by atoms with Crippen molar-refractivity contribution in [2.45, 2.75) is 43.6 Å². The average molecular weight is 288 g/mol. The lowest BCUT2D eigenvalue weighted by molar-refractivity contribution is -0.142. The van der Waals surface area contributed by atoms with Gasteiger partial charge in [0.15, 0.2) is 5.69 Å². The summed E-state index contributed by atoms with van der Waals surface area (Å²) in [7, 11) is 0. The molecule has 0 radical (unpaired) electrons. The van der Waals surface area contributed by atoms with Crippen LogP contribution in [-0.4, -0.2) is 33.3 Å². The molecule has 108 valence electrons. The third kappa shape index (κ3) is 2.13. The van der Waals surface area contributed by atoms with Gasteiger partial charge in [-0.05, 0) is 19.3 Å². The van der Waals surface area contributed by atoms with Crippen LogP contribution in [0.3, 0.4) is 0 Å². The number of halogens is 3. The first-order chi connectivity index (χ1) is 9.36. The van der Waals surface area contributed by atoms with Gasteiger partial charge in [0.05, 0.1) is 12.2 Å². The van der Waals surface area contributed by atoms with Crippen LogP contribution < -0.4 is 0 Å². The lowest BCUT2D eigenvalue weighted by Gasteiger charge is -2.18. The highest BCUT2D eigenvalue weighted by molar-refractivity contribution is 5.88. The first-order valence-electron chi connectivity index (χ1n) is 6.19. The Morgan fingerprint density at radius 3 is 2.65 bits per heavy atom. The van der Waals surface area contributed by atoms with E-state index in [-0.39, 0.29) is 24.0 Å². The van der Waals surface area contributed by atoms with E-state index in [2.05, 4.69) is 9.97 Å². The fourth-order valence-electron chi connectivity index (χ4n) is 2.86. The van der Waals surface area contributed by atoms with Crippen LogP contribution in [0.2, 0.25) is 0 Å². The van der Waals surface area contributed by atoms with Gasteiger partial charge in [0, 0.05) is 12.1 Å². The summed E-state index contributed by atoms with van der Waals surface area (Å²) in [6.45, 7) is 0. The van der Waals surface area contributed by atoms with E-state index in [0.717, 1.165) is 19.0 Å². The summed E-state index contributed by atoms with van der Waals surface area (Å²) < 4.78 is 44.2. The third-order valence-corrected chi connectivity index (χ3v) is 3.74. The molecular weight excluding hydrogens is 277 g/mol. The smallest absolute Gasteiger partial charge is 0.434 e. The summed E-state index contributed by atoms with van der Waals surface area (Å²) in [6.07, 6.45) is -1.90. The molecule has 5 nitrogen and oxygen atoms in total. The van der Waals surface area contributed by atoms with Crippen molar-refractivity contribution < 1.29 is 27.8 Å². The van der Waals surface area contributed by atoms with Gasteiger partial charge in [-0.2, -0.15) is 13.2 Å². The Morgan fingerprint density at radius 1 is 1.40 bits per heavy atom. The molecule has 2 aliphatic rings. The fraction of sp³-hybridized carbons (Fsp3) is 0.583. The fourth-order valence-corrected chi connectivity index (χ4v) is 2.86. The van der Waals surface area contributed by atoms with Gasteiger partial charge < -0.3 is 9.84 Å². The molecule has 1 aromatic rings. The molecule has 2 aliphatic heterocycles. The minimum atomic E-state index is -4.82. The molecule has 0 spiro atoms. The second kappa shape index (κ2) is 4.41. The number of hydrogen-bond donors (Lipinski definition) is 1. The number of carboxylic acids is 1. The number of nitrogens with zero attached hydrogens (tertiary/aromatic N) is 2. The number of alkyl halides is 3. The largest absolute Gasteiger partial charge is 0.478 e. The third-order valence-electron chi connectivity index (χ3n) is 3.74. The van der Waals surface area contributed by atoms with Crippen molar-refractivity contribution >= 4 is 5.97 Å². The van der Waals surface area contributed by atoms with Gasteiger partial charge in [-0.3, -0.25) is 0 Å². The van der Waals surface area contributed by atoms with Crippen molar-refractivity contribution in [1.29, 1.82) is 0 Å². The van der Waals surface area contributed by atoms with E-state index < -0.39 is 23.4 Å². The van der Waals surface area contributed by atoms with Crippen LogP contribution >= 0.6 is 0 Å². The highest BCUT2D eigenvalue weighted by Gasteiger charge is 2.45. The number of carboxylic acid groups (broad SMARTS) is 1. The number of rotatable bonds is 2. The maximum Gasteiger partial charge on any atom is 0.434 e. The highest BCUT2D eigenvalue weighted by Crippen LogP contribution is 2.44. The van der Waals surface area contributed by atoms with Gasteiger partial charge in [-0.1, -0.05) is 0 Å². The van der Waals surface area contributed by atoms with E-state index >= 15 is 0 Å². The summed E-state index contributed by atoms with van der Waals surface area (Å²) in [5.74, 6) is -1.94. The number of aromatic nitrogens is 2. The number of aromatic carboxylic acids is 1. The van der Waals surface area contributed by atoms with Crippen LogP contribution in [0.25, 0.3) is 0 Å². The molecule has 3 unspecified atom stereocenters. The van der Waals surface area contributed by atoms with E-state index in [0.29, 0.717) is 6.42 Å². The minimum absolute atomic E-state index is 0.0227. The molecule has 0 aromatic carbocycles.